The molecule has 2 heterocycles. The number of aliphatic carboxylic acids is 1. The van der Waals surface area contributed by atoms with E-state index in [0.717, 1.165) is 18.4 Å². The minimum atomic E-state index is -0.877. The summed E-state index contributed by atoms with van der Waals surface area (Å²) in [5.74, 6) is -1.46. The Bertz CT molecular complexity index is 433. The number of carboxylic acid groups (broad SMARTS) is 1. The number of likely N-dealkylation sites (tertiary alicyclic amines) is 1. The van der Waals surface area contributed by atoms with E-state index in [1.165, 1.54) is 0 Å². The lowest BCUT2D eigenvalue weighted by Crippen LogP contribution is -2.27. The van der Waals surface area contributed by atoms with E-state index in [0.29, 0.717) is 13.1 Å². The fourth-order valence-corrected chi connectivity index (χ4v) is 2.17. The van der Waals surface area contributed by atoms with Crippen molar-refractivity contribution in [3.05, 3.63) is 30.1 Å². The van der Waals surface area contributed by atoms with Crippen molar-refractivity contribution in [1.82, 2.24) is 9.88 Å². The Kier molecular flexibility index (Phi) is 3.92. The van der Waals surface area contributed by atoms with Crippen molar-refractivity contribution in [3.63, 3.8) is 0 Å². The summed E-state index contributed by atoms with van der Waals surface area (Å²) in [6.07, 6.45) is 5.37. The summed E-state index contributed by atoms with van der Waals surface area (Å²) in [4.78, 5) is 28.1. The lowest BCUT2D eigenvalue weighted by Gasteiger charge is -2.15. The van der Waals surface area contributed by atoms with Gasteiger partial charge in [0, 0.05) is 31.9 Å². The number of hydrogen-bond donors (Lipinski definition) is 1. The first kappa shape index (κ1) is 12.5. The molecule has 0 saturated carbocycles. The molecule has 5 nitrogen and oxygen atoms in total. The van der Waals surface area contributed by atoms with E-state index in [9.17, 15) is 9.59 Å². The number of carbonyl (C=O) groups is 2. The van der Waals surface area contributed by atoms with Crippen LogP contribution < -0.4 is 0 Å². The zero-order valence-electron chi connectivity index (χ0n) is 10.1. The van der Waals surface area contributed by atoms with Crippen LogP contribution in [0.3, 0.4) is 0 Å². The molecule has 1 amide bonds. The predicted molar refractivity (Wildman–Crippen MR) is 64.9 cm³/mol. The number of aromatic nitrogens is 1. The van der Waals surface area contributed by atoms with Gasteiger partial charge >= 0.3 is 5.97 Å². The van der Waals surface area contributed by atoms with Crippen molar-refractivity contribution in [2.75, 3.05) is 13.1 Å². The molecule has 96 valence electrons. The molecule has 1 unspecified atom stereocenters. The van der Waals surface area contributed by atoms with Crippen LogP contribution in [0.25, 0.3) is 0 Å². The Labute approximate surface area is 105 Å². The van der Waals surface area contributed by atoms with Crippen molar-refractivity contribution in [2.45, 2.75) is 19.3 Å². The summed E-state index contributed by atoms with van der Waals surface area (Å²) in [7, 11) is 0. The van der Waals surface area contributed by atoms with Gasteiger partial charge in [-0.15, -0.1) is 0 Å². The summed E-state index contributed by atoms with van der Waals surface area (Å²) < 4.78 is 0. The second-order valence-corrected chi connectivity index (χ2v) is 4.54. The average molecular weight is 248 g/mol. The Morgan fingerprint density at radius 1 is 1.56 bits per heavy atom. The number of pyridine rings is 1. The van der Waals surface area contributed by atoms with Crippen LogP contribution in [-0.2, 0) is 16.0 Å². The first-order valence-corrected chi connectivity index (χ1v) is 6.06. The highest BCUT2D eigenvalue weighted by molar-refractivity contribution is 5.86. The van der Waals surface area contributed by atoms with E-state index in [4.69, 9.17) is 5.11 Å². The van der Waals surface area contributed by atoms with Crippen LogP contribution in [0.2, 0.25) is 0 Å². The highest BCUT2D eigenvalue weighted by Crippen LogP contribution is 2.18. The van der Waals surface area contributed by atoms with Gasteiger partial charge in [0.15, 0.2) is 0 Å². The molecule has 2 rings (SSSR count). The van der Waals surface area contributed by atoms with Crippen LogP contribution in [0, 0.1) is 5.92 Å². The number of aryl methyl sites for hydroxylation is 1. The zero-order chi connectivity index (χ0) is 13.0. The summed E-state index contributed by atoms with van der Waals surface area (Å²) in [5.41, 5.74) is 1.14. The third-order valence-corrected chi connectivity index (χ3v) is 3.18. The Morgan fingerprint density at radius 2 is 2.39 bits per heavy atom. The molecule has 0 bridgehead atoms. The fraction of sp³-hybridized carbons (Fsp3) is 0.462. The van der Waals surface area contributed by atoms with Crippen LogP contribution >= 0.6 is 0 Å². The van der Waals surface area contributed by atoms with Gasteiger partial charge in [-0.2, -0.15) is 0 Å². The topological polar surface area (TPSA) is 70.5 Å². The van der Waals surface area contributed by atoms with E-state index in [-0.39, 0.29) is 12.3 Å². The van der Waals surface area contributed by atoms with Crippen molar-refractivity contribution >= 4 is 11.9 Å². The van der Waals surface area contributed by atoms with Crippen LogP contribution in [-0.4, -0.2) is 40.0 Å². The lowest BCUT2D eigenvalue weighted by atomic mass is 10.1. The molecule has 1 saturated heterocycles. The van der Waals surface area contributed by atoms with Gasteiger partial charge in [-0.1, -0.05) is 6.07 Å². The molecule has 1 aromatic heterocycles. The van der Waals surface area contributed by atoms with Crippen molar-refractivity contribution in [1.29, 1.82) is 0 Å². The molecule has 18 heavy (non-hydrogen) atoms. The highest BCUT2D eigenvalue weighted by atomic mass is 16.4. The SMILES string of the molecule is O=C(O)C1CC(=O)N(CCCc2cccnc2)C1. The standard InChI is InChI=1S/C13H16N2O3/c16-12-7-11(13(17)18)9-15(12)6-2-4-10-3-1-5-14-8-10/h1,3,5,8,11H,2,4,6-7,9H2,(H,17,18). The zero-order valence-corrected chi connectivity index (χ0v) is 10.1. The summed E-state index contributed by atoms with van der Waals surface area (Å²) in [6.45, 7) is 0.971. The third kappa shape index (κ3) is 3.06. The third-order valence-electron chi connectivity index (χ3n) is 3.18. The minimum Gasteiger partial charge on any atom is -0.481 e. The first-order valence-electron chi connectivity index (χ1n) is 6.06. The maximum absolute atomic E-state index is 11.6. The highest BCUT2D eigenvalue weighted by Gasteiger charge is 2.33. The number of nitrogens with zero attached hydrogens (tertiary/aromatic N) is 2. The largest absolute Gasteiger partial charge is 0.481 e. The summed E-state index contributed by atoms with van der Waals surface area (Å²) in [6, 6.07) is 3.88. The smallest absolute Gasteiger partial charge is 0.308 e. The molecule has 0 aliphatic carbocycles. The Morgan fingerprint density at radius 3 is 3.00 bits per heavy atom. The molecule has 1 aliphatic rings. The molecule has 1 aliphatic heterocycles. The van der Waals surface area contributed by atoms with E-state index >= 15 is 0 Å². The maximum Gasteiger partial charge on any atom is 0.308 e. The van der Waals surface area contributed by atoms with Crippen LogP contribution in [0.5, 0.6) is 0 Å². The summed E-state index contributed by atoms with van der Waals surface area (Å²) in [5, 5.41) is 8.87. The van der Waals surface area contributed by atoms with E-state index in [1.807, 2.05) is 18.3 Å². The number of rotatable bonds is 5. The molecule has 5 heteroatoms. The predicted octanol–water partition coefficient (Wildman–Crippen LogP) is 0.947. The van der Waals surface area contributed by atoms with Crippen LogP contribution in [0.1, 0.15) is 18.4 Å². The second kappa shape index (κ2) is 5.62. The average Bonchev–Trinajstić information content (AvgIpc) is 2.73. The fourth-order valence-electron chi connectivity index (χ4n) is 2.17. The number of hydrogen-bond acceptors (Lipinski definition) is 3. The first-order chi connectivity index (χ1) is 8.66. The van der Waals surface area contributed by atoms with Gasteiger partial charge < -0.3 is 10.0 Å². The van der Waals surface area contributed by atoms with Crippen molar-refractivity contribution < 1.29 is 14.7 Å². The normalized spacial score (nSPS) is 19.2. The second-order valence-electron chi connectivity index (χ2n) is 4.54. The minimum absolute atomic E-state index is 0.0476. The van der Waals surface area contributed by atoms with Gasteiger partial charge in [-0.05, 0) is 24.5 Å². The monoisotopic (exact) mass is 248 g/mol. The summed E-state index contributed by atoms with van der Waals surface area (Å²) >= 11 is 0. The van der Waals surface area contributed by atoms with Crippen molar-refractivity contribution in [3.8, 4) is 0 Å². The van der Waals surface area contributed by atoms with Gasteiger partial charge in [-0.25, -0.2) is 0 Å². The molecular formula is C13H16N2O3. The molecule has 1 atom stereocenters. The Hall–Kier alpha value is -1.91. The molecular weight excluding hydrogens is 232 g/mol. The quantitative estimate of drug-likeness (QED) is 0.842. The number of carboxylic acids is 1. The van der Waals surface area contributed by atoms with Gasteiger partial charge in [0.1, 0.15) is 0 Å². The number of carbonyl (C=O) groups excluding carboxylic acids is 1. The maximum atomic E-state index is 11.6. The molecule has 0 spiro atoms. The van der Waals surface area contributed by atoms with Crippen molar-refractivity contribution in [2.24, 2.45) is 5.92 Å². The molecule has 0 aromatic carbocycles. The molecule has 0 radical (unpaired) electrons. The molecule has 1 N–H and O–H groups in total. The Balaban J connectivity index is 1.78. The lowest BCUT2D eigenvalue weighted by molar-refractivity contribution is -0.141. The van der Waals surface area contributed by atoms with E-state index in [2.05, 4.69) is 4.98 Å². The van der Waals surface area contributed by atoms with Gasteiger partial charge in [0.25, 0.3) is 0 Å². The molecule has 1 fully saturated rings. The number of amides is 1. The van der Waals surface area contributed by atoms with Crippen LogP contribution in [0.15, 0.2) is 24.5 Å². The van der Waals surface area contributed by atoms with E-state index in [1.54, 1.807) is 11.1 Å². The van der Waals surface area contributed by atoms with Gasteiger partial charge in [0.05, 0.1) is 5.92 Å². The van der Waals surface area contributed by atoms with Gasteiger partial charge in [0.2, 0.25) is 5.91 Å². The molecule has 1 aromatic rings. The van der Waals surface area contributed by atoms with Crippen LogP contribution in [0.4, 0.5) is 0 Å². The van der Waals surface area contributed by atoms with Gasteiger partial charge in [-0.3, -0.25) is 14.6 Å². The van der Waals surface area contributed by atoms with E-state index < -0.39 is 11.9 Å².